The Morgan fingerprint density at radius 1 is 1.20 bits per heavy atom. The monoisotopic (exact) mass is 445 g/mol. The number of benzene rings is 2. The Bertz CT molecular complexity index is 1100. The smallest absolute Gasteiger partial charge is 0.287 e. The molecular formula is C21H20ClN3O4S. The number of ether oxygens (including phenoxy) is 2. The van der Waals surface area contributed by atoms with Crippen molar-refractivity contribution < 1.29 is 14.3 Å². The van der Waals surface area contributed by atoms with Gasteiger partial charge in [-0.25, -0.2) is 4.98 Å². The Hall–Kier alpha value is -2.97. The first-order valence-corrected chi connectivity index (χ1v) is 10.3. The molecule has 0 spiro atoms. The number of carbonyl (C=O) groups is 1. The minimum atomic E-state index is -0.329. The van der Waals surface area contributed by atoms with E-state index in [2.05, 4.69) is 10.3 Å². The Balaban J connectivity index is 1.64. The van der Waals surface area contributed by atoms with E-state index in [1.165, 1.54) is 17.9 Å². The fraction of sp³-hybridized carbons (Fsp3) is 0.190. The number of rotatable bonds is 8. The Labute approximate surface area is 183 Å². The quantitative estimate of drug-likeness (QED) is 0.536. The van der Waals surface area contributed by atoms with Crippen LogP contribution in [0.25, 0.3) is 5.69 Å². The number of carbonyl (C=O) groups excluding carboxylic acids is 1. The second-order valence-electron chi connectivity index (χ2n) is 6.14. The van der Waals surface area contributed by atoms with Crippen molar-refractivity contribution >= 4 is 29.3 Å². The van der Waals surface area contributed by atoms with Crippen LogP contribution in [0.1, 0.15) is 5.56 Å². The number of nitrogens with one attached hydrogen (secondary N) is 1. The maximum Gasteiger partial charge on any atom is 0.287 e. The summed E-state index contributed by atoms with van der Waals surface area (Å²) in [5, 5.41) is 3.44. The highest BCUT2D eigenvalue weighted by atomic mass is 35.5. The minimum absolute atomic E-state index is 0.0690. The molecule has 0 aliphatic heterocycles. The van der Waals surface area contributed by atoms with Crippen molar-refractivity contribution in [2.24, 2.45) is 0 Å². The number of nitrogens with zero attached hydrogens (tertiary/aromatic N) is 2. The van der Waals surface area contributed by atoms with Crippen LogP contribution < -0.4 is 20.3 Å². The zero-order valence-electron chi connectivity index (χ0n) is 16.4. The van der Waals surface area contributed by atoms with Crippen molar-refractivity contribution in [1.82, 2.24) is 14.9 Å². The zero-order chi connectivity index (χ0) is 21.5. The first-order valence-electron chi connectivity index (χ1n) is 8.96. The normalized spacial score (nSPS) is 10.5. The molecule has 0 atom stereocenters. The predicted molar refractivity (Wildman–Crippen MR) is 117 cm³/mol. The molecule has 1 heterocycles. The van der Waals surface area contributed by atoms with Gasteiger partial charge >= 0.3 is 0 Å². The lowest BCUT2D eigenvalue weighted by Crippen LogP contribution is -2.26. The van der Waals surface area contributed by atoms with Crippen molar-refractivity contribution in [1.29, 1.82) is 0 Å². The van der Waals surface area contributed by atoms with Crippen molar-refractivity contribution in [2.45, 2.75) is 11.6 Å². The van der Waals surface area contributed by atoms with E-state index in [9.17, 15) is 9.59 Å². The summed E-state index contributed by atoms with van der Waals surface area (Å²) in [5.74, 6) is 1.11. The molecule has 30 heavy (non-hydrogen) atoms. The first kappa shape index (κ1) is 21.7. The molecule has 0 saturated heterocycles. The van der Waals surface area contributed by atoms with E-state index in [-0.39, 0.29) is 22.2 Å². The van der Waals surface area contributed by atoms with E-state index in [0.29, 0.717) is 23.0 Å². The van der Waals surface area contributed by atoms with Gasteiger partial charge in [0.1, 0.15) is 11.5 Å². The van der Waals surface area contributed by atoms with Gasteiger partial charge in [-0.05, 0) is 35.9 Å². The standard InChI is InChI=1S/C21H20ClN3O4S/c1-28-16-5-3-4-14(10-16)12-24-19(26)13-30-20-21(27)25(9-8-23-20)15-6-7-18(29-2)17(22)11-15/h3-11H,12-13H2,1-2H3,(H,24,26). The summed E-state index contributed by atoms with van der Waals surface area (Å²) in [4.78, 5) is 29.1. The number of halogens is 1. The number of amides is 1. The van der Waals surface area contributed by atoms with Gasteiger partial charge in [0.05, 0.1) is 30.7 Å². The predicted octanol–water partition coefficient (Wildman–Crippen LogP) is 3.31. The second-order valence-corrected chi connectivity index (χ2v) is 7.51. The molecule has 9 heteroatoms. The summed E-state index contributed by atoms with van der Waals surface area (Å²) in [6.07, 6.45) is 3.06. The highest BCUT2D eigenvalue weighted by Gasteiger charge is 2.11. The molecule has 1 aromatic heterocycles. The Morgan fingerprint density at radius 2 is 2.03 bits per heavy atom. The summed E-state index contributed by atoms with van der Waals surface area (Å²) in [7, 11) is 3.11. The summed E-state index contributed by atoms with van der Waals surface area (Å²) in [6.45, 7) is 0.368. The van der Waals surface area contributed by atoms with Crippen LogP contribution >= 0.6 is 23.4 Å². The molecule has 0 unspecified atom stereocenters. The lowest BCUT2D eigenvalue weighted by atomic mass is 10.2. The van der Waals surface area contributed by atoms with Gasteiger partial charge in [0, 0.05) is 18.9 Å². The van der Waals surface area contributed by atoms with Gasteiger partial charge in [0.25, 0.3) is 5.56 Å². The molecule has 156 valence electrons. The maximum absolute atomic E-state index is 12.8. The van der Waals surface area contributed by atoms with Crippen LogP contribution in [0.5, 0.6) is 11.5 Å². The molecule has 3 rings (SSSR count). The maximum atomic E-state index is 12.8. The van der Waals surface area contributed by atoms with E-state index >= 15 is 0 Å². The van der Waals surface area contributed by atoms with Gasteiger partial charge in [0.2, 0.25) is 5.91 Å². The van der Waals surface area contributed by atoms with E-state index in [0.717, 1.165) is 23.1 Å². The molecule has 0 aliphatic rings. The Morgan fingerprint density at radius 3 is 2.77 bits per heavy atom. The van der Waals surface area contributed by atoms with Gasteiger partial charge in [-0.2, -0.15) is 0 Å². The first-order chi connectivity index (χ1) is 14.5. The van der Waals surface area contributed by atoms with Crippen LogP contribution in [0.15, 0.2) is 64.7 Å². The average Bonchev–Trinajstić information content (AvgIpc) is 2.77. The van der Waals surface area contributed by atoms with Crippen molar-refractivity contribution in [3.8, 4) is 17.2 Å². The summed E-state index contributed by atoms with van der Waals surface area (Å²) in [5.41, 5.74) is 1.17. The van der Waals surface area contributed by atoms with Crippen LogP contribution in [-0.4, -0.2) is 35.4 Å². The Kier molecular flexibility index (Phi) is 7.37. The van der Waals surface area contributed by atoms with Crippen LogP contribution in [-0.2, 0) is 11.3 Å². The van der Waals surface area contributed by atoms with Gasteiger partial charge in [-0.1, -0.05) is 35.5 Å². The fourth-order valence-electron chi connectivity index (χ4n) is 2.67. The number of methoxy groups -OCH3 is 2. The highest BCUT2D eigenvalue weighted by molar-refractivity contribution is 7.99. The van der Waals surface area contributed by atoms with Gasteiger partial charge in [-0.15, -0.1) is 0 Å². The summed E-state index contributed by atoms with van der Waals surface area (Å²) in [6, 6.07) is 12.5. The van der Waals surface area contributed by atoms with Crippen molar-refractivity contribution in [3.63, 3.8) is 0 Å². The van der Waals surface area contributed by atoms with Crippen LogP contribution in [0.3, 0.4) is 0 Å². The lowest BCUT2D eigenvalue weighted by molar-refractivity contribution is -0.118. The number of hydrogen-bond acceptors (Lipinski definition) is 6. The van der Waals surface area contributed by atoms with Gasteiger partial charge in [0.15, 0.2) is 5.03 Å². The van der Waals surface area contributed by atoms with E-state index in [1.807, 2.05) is 24.3 Å². The van der Waals surface area contributed by atoms with Crippen molar-refractivity contribution in [2.75, 3.05) is 20.0 Å². The second kappa shape index (κ2) is 10.2. The zero-order valence-corrected chi connectivity index (χ0v) is 18.0. The molecule has 0 bridgehead atoms. The number of aromatic nitrogens is 2. The minimum Gasteiger partial charge on any atom is -0.497 e. The van der Waals surface area contributed by atoms with E-state index in [4.69, 9.17) is 21.1 Å². The topological polar surface area (TPSA) is 82.4 Å². The molecule has 0 saturated carbocycles. The van der Waals surface area contributed by atoms with Crippen molar-refractivity contribution in [3.05, 3.63) is 75.8 Å². The molecule has 0 aliphatic carbocycles. The molecule has 0 fully saturated rings. The average molecular weight is 446 g/mol. The van der Waals surface area contributed by atoms with E-state index in [1.54, 1.807) is 31.5 Å². The molecule has 3 aromatic rings. The third-order valence-corrected chi connectivity index (χ3v) is 5.44. The van der Waals surface area contributed by atoms with Gasteiger partial charge < -0.3 is 14.8 Å². The lowest BCUT2D eigenvalue weighted by Gasteiger charge is -2.10. The SMILES string of the molecule is COc1cccc(CNC(=O)CSc2nccn(-c3ccc(OC)c(Cl)c3)c2=O)c1. The number of thioether (sulfide) groups is 1. The fourth-order valence-corrected chi connectivity index (χ4v) is 3.65. The van der Waals surface area contributed by atoms with Crippen LogP contribution in [0.2, 0.25) is 5.02 Å². The summed E-state index contributed by atoms with van der Waals surface area (Å²) >= 11 is 7.24. The molecule has 1 amide bonds. The molecular weight excluding hydrogens is 426 g/mol. The number of hydrogen-bond donors (Lipinski definition) is 1. The largest absolute Gasteiger partial charge is 0.497 e. The molecule has 2 aromatic carbocycles. The third kappa shape index (κ3) is 5.34. The summed E-state index contributed by atoms with van der Waals surface area (Å²) < 4.78 is 11.7. The molecule has 7 nitrogen and oxygen atoms in total. The van der Waals surface area contributed by atoms with E-state index < -0.39 is 0 Å². The van der Waals surface area contributed by atoms with Crippen LogP contribution in [0, 0.1) is 0 Å². The van der Waals surface area contributed by atoms with Gasteiger partial charge in [-0.3, -0.25) is 14.2 Å². The van der Waals surface area contributed by atoms with Crippen LogP contribution in [0.4, 0.5) is 0 Å². The third-order valence-electron chi connectivity index (χ3n) is 4.19. The molecule has 0 radical (unpaired) electrons. The molecule has 1 N–H and O–H groups in total. The highest BCUT2D eigenvalue weighted by Crippen LogP contribution is 2.26.